The zero-order chi connectivity index (χ0) is 22.8. The molecule has 2 aromatic rings. The standard InChI is InChI=1S/C23H29N3O5/c1-15(2)31-22(28)14-20(17-9-11-18(30-3)12-10-17)25-21(27)13-19(26-23(24)29)16-7-5-4-6-8-16/h4-12,15,19-20H,13-14H2,1-3H3,(H,25,27)(H3,24,26,29)/t19-,20+/m0/s1. The molecule has 2 atom stereocenters. The highest BCUT2D eigenvalue weighted by Crippen LogP contribution is 2.23. The normalized spacial score (nSPS) is 12.5. The van der Waals surface area contributed by atoms with E-state index in [1.54, 1.807) is 57.4 Å². The van der Waals surface area contributed by atoms with E-state index in [-0.39, 0.29) is 24.9 Å². The molecule has 31 heavy (non-hydrogen) atoms. The van der Waals surface area contributed by atoms with Crippen molar-refractivity contribution in [1.82, 2.24) is 10.6 Å². The third-order valence-corrected chi connectivity index (χ3v) is 4.50. The van der Waals surface area contributed by atoms with Gasteiger partial charge in [0, 0.05) is 0 Å². The van der Waals surface area contributed by atoms with Crippen LogP contribution in [0, 0.1) is 0 Å². The van der Waals surface area contributed by atoms with Gasteiger partial charge >= 0.3 is 12.0 Å². The second-order valence-electron chi connectivity index (χ2n) is 7.31. The average molecular weight is 428 g/mol. The summed E-state index contributed by atoms with van der Waals surface area (Å²) in [6.07, 6.45) is -0.337. The predicted molar refractivity (Wildman–Crippen MR) is 116 cm³/mol. The smallest absolute Gasteiger partial charge is 0.312 e. The summed E-state index contributed by atoms with van der Waals surface area (Å²) < 4.78 is 10.4. The minimum Gasteiger partial charge on any atom is -0.497 e. The Balaban J connectivity index is 2.17. The van der Waals surface area contributed by atoms with Crippen LogP contribution in [0.1, 0.15) is 49.9 Å². The number of nitrogens with one attached hydrogen (secondary N) is 2. The lowest BCUT2D eigenvalue weighted by molar-refractivity contribution is -0.148. The molecule has 0 bridgehead atoms. The summed E-state index contributed by atoms with van der Waals surface area (Å²) in [5, 5.41) is 5.47. The third kappa shape index (κ3) is 8.00. The summed E-state index contributed by atoms with van der Waals surface area (Å²) in [6, 6.07) is 14.2. The number of rotatable bonds is 10. The number of hydrogen-bond donors (Lipinski definition) is 3. The number of benzene rings is 2. The molecule has 8 nitrogen and oxygen atoms in total. The molecule has 8 heteroatoms. The predicted octanol–water partition coefficient (Wildman–Crippen LogP) is 2.99. The van der Waals surface area contributed by atoms with E-state index in [9.17, 15) is 14.4 Å². The summed E-state index contributed by atoms with van der Waals surface area (Å²) in [6.45, 7) is 3.53. The zero-order valence-electron chi connectivity index (χ0n) is 18.0. The van der Waals surface area contributed by atoms with Gasteiger partial charge in [0.2, 0.25) is 5.91 Å². The third-order valence-electron chi connectivity index (χ3n) is 4.50. The minimum atomic E-state index is -0.728. The van der Waals surface area contributed by atoms with E-state index in [2.05, 4.69) is 10.6 Å². The van der Waals surface area contributed by atoms with Gasteiger partial charge in [-0.05, 0) is 37.1 Å². The van der Waals surface area contributed by atoms with Crippen molar-refractivity contribution in [3.63, 3.8) is 0 Å². The van der Waals surface area contributed by atoms with E-state index in [1.807, 2.05) is 18.2 Å². The maximum atomic E-state index is 12.8. The monoisotopic (exact) mass is 427 g/mol. The fourth-order valence-corrected chi connectivity index (χ4v) is 3.11. The average Bonchev–Trinajstić information content (AvgIpc) is 2.72. The lowest BCUT2D eigenvalue weighted by atomic mass is 10.0. The van der Waals surface area contributed by atoms with E-state index in [0.717, 1.165) is 11.1 Å². The van der Waals surface area contributed by atoms with Crippen molar-refractivity contribution in [1.29, 1.82) is 0 Å². The Morgan fingerprint density at radius 1 is 0.871 bits per heavy atom. The van der Waals surface area contributed by atoms with Crippen LogP contribution in [0.4, 0.5) is 4.79 Å². The lowest BCUT2D eigenvalue weighted by Crippen LogP contribution is -2.38. The first-order valence-electron chi connectivity index (χ1n) is 10.0. The number of amides is 3. The highest BCUT2D eigenvalue weighted by Gasteiger charge is 2.23. The van der Waals surface area contributed by atoms with Gasteiger partial charge in [0.05, 0.1) is 38.1 Å². The quantitative estimate of drug-likeness (QED) is 0.504. The van der Waals surface area contributed by atoms with Crippen molar-refractivity contribution in [2.75, 3.05) is 7.11 Å². The fourth-order valence-electron chi connectivity index (χ4n) is 3.11. The molecular weight excluding hydrogens is 398 g/mol. The number of nitrogens with two attached hydrogens (primary N) is 1. The summed E-state index contributed by atoms with van der Waals surface area (Å²) in [5.74, 6) is -0.111. The van der Waals surface area contributed by atoms with Gasteiger partial charge in [-0.1, -0.05) is 42.5 Å². The second kappa shape index (κ2) is 11.6. The van der Waals surface area contributed by atoms with Crippen molar-refractivity contribution in [2.24, 2.45) is 5.73 Å². The molecular formula is C23H29N3O5. The van der Waals surface area contributed by atoms with Crippen molar-refractivity contribution >= 4 is 17.9 Å². The highest BCUT2D eigenvalue weighted by molar-refractivity contribution is 5.80. The van der Waals surface area contributed by atoms with Gasteiger partial charge in [-0.3, -0.25) is 9.59 Å². The Bertz CT molecular complexity index is 869. The van der Waals surface area contributed by atoms with Crippen LogP contribution >= 0.6 is 0 Å². The van der Waals surface area contributed by atoms with Crippen LogP contribution in [0.2, 0.25) is 0 Å². The molecule has 3 amide bonds. The molecule has 0 aliphatic carbocycles. The summed E-state index contributed by atoms with van der Waals surface area (Å²) in [5.41, 5.74) is 6.76. The molecule has 166 valence electrons. The molecule has 0 heterocycles. The second-order valence-corrected chi connectivity index (χ2v) is 7.31. The van der Waals surface area contributed by atoms with Crippen molar-refractivity contribution in [3.05, 3.63) is 65.7 Å². The van der Waals surface area contributed by atoms with Crippen LogP contribution < -0.4 is 21.1 Å². The highest BCUT2D eigenvalue weighted by atomic mass is 16.5. The molecule has 0 aliphatic rings. The van der Waals surface area contributed by atoms with Gasteiger partial charge in [-0.2, -0.15) is 0 Å². The van der Waals surface area contributed by atoms with Crippen LogP contribution in [0.15, 0.2) is 54.6 Å². The van der Waals surface area contributed by atoms with Gasteiger partial charge in [-0.25, -0.2) is 4.79 Å². The van der Waals surface area contributed by atoms with Crippen LogP contribution in [0.25, 0.3) is 0 Å². The Kier molecular flexibility index (Phi) is 8.87. The zero-order valence-corrected chi connectivity index (χ0v) is 18.0. The van der Waals surface area contributed by atoms with Gasteiger partial charge < -0.3 is 25.8 Å². The van der Waals surface area contributed by atoms with Crippen molar-refractivity contribution in [2.45, 2.75) is 44.9 Å². The first kappa shape index (κ1) is 23.7. The van der Waals surface area contributed by atoms with Crippen LogP contribution in [0.3, 0.4) is 0 Å². The first-order valence-corrected chi connectivity index (χ1v) is 10.0. The number of methoxy groups -OCH3 is 1. The summed E-state index contributed by atoms with van der Waals surface area (Å²) in [7, 11) is 1.56. The number of ether oxygens (including phenoxy) is 2. The molecule has 0 saturated heterocycles. The number of carbonyl (C=O) groups is 3. The molecule has 0 fully saturated rings. The Morgan fingerprint density at radius 3 is 2.00 bits per heavy atom. The minimum absolute atomic E-state index is 0.0322. The van der Waals surface area contributed by atoms with Gasteiger partial charge in [0.15, 0.2) is 0 Å². The molecule has 2 rings (SSSR count). The van der Waals surface area contributed by atoms with Gasteiger partial charge in [0.1, 0.15) is 5.75 Å². The van der Waals surface area contributed by atoms with Crippen LogP contribution in [-0.2, 0) is 14.3 Å². The number of urea groups is 1. The Hall–Kier alpha value is -3.55. The number of primary amides is 1. The Morgan fingerprint density at radius 2 is 1.45 bits per heavy atom. The molecule has 0 radical (unpaired) electrons. The van der Waals surface area contributed by atoms with E-state index < -0.39 is 24.1 Å². The van der Waals surface area contributed by atoms with Crippen molar-refractivity contribution in [3.8, 4) is 5.75 Å². The number of esters is 1. The maximum Gasteiger partial charge on any atom is 0.312 e. The van der Waals surface area contributed by atoms with E-state index in [0.29, 0.717) is 5.75 Å². The Labute approximate surface area is 182 Å². The lowest BCUT2D eigenvalue weighted by Gasteiger charge is -2.22. The van der Waals surface area contributed by atoms with Gasteiger partial charge in [0.25, 0.3) is 0 Å². The fraction of sp³-hybridized carbons (Fsp3) is 0.348. The largest absolute Gasteiger partial charge is 0.497 e. The number of carbonyl (C=O) groups excluding carboxylic acids is 3. The van der Waals surface area contributed by atoms with Crippen LogP contribution in [0.5, 0.6) is 5.75 Å². The number of hydrogen-bond acceptors (Lipinski definition) is 5. The SMILES string of the molecule is COc1ccc([C@@H](CC(=O)OC(C)C)NC(=O)C[C@H](NC(N)=O)c2ccccc2)cc1. The van der Waals surface area contributed by atoms with E-state index in [1.165, 1.54) is 0 Å². The molecule has 4 N–H and O–H groups in total. The molecule has 0 unspecified atom stereocenters. The van der Waals surface area contributed by atoms with Crippen molar-refractivity contribution < 1.29 is 23.9 Å². The van der Waals surface area contributed by atoms with Crippen LogP contribution in [-0.4, -0.2) is 31.1 Å². The summed E-state index contributed by atoms with van der Waals surface area (Å²) >= 11 is 0. The molecule has 0 aromatic heterocycles. The van der Waals surface area contributed by atoms with E-state index in [4.69, 9.17) is 15.2 Å². The topological polar surface area (TPSA) is 120 Å². The molecule has 2 aromatic carbocycles. The van der Waals surface area contributed by atoms with Gasteiger partial charge in [-0.15, -0.1) is 0 Å². The first-order chi connectivity index (χ1) is 14.8. The molecule has 0 aliphatic heterocycles. The maximum absolute atomic E-state index is 12.8. The molecule has 0 saturated carbocycles. The van der Waals surface area contributed by atoms with E-state index >= 15 is 0 Å². The summed E-state index contributed by atoms with van der Waals surface area (Å²) in [4.78, 5) is 36.5. The molecule has 0 spiro atoms.